The minimum Gasteiger partial charge on any atom is -0.329 e. The number of hydrogen-bond acceptors (Lipinski definition) is 5. The smallest absolute Gasteiger partial charge is 0.274 e. The maximum absolute atomic E-state index is 13.8. The molecule has 0 aliphatic carbocycles. The summed E-state index contributed by atoms with van der Waals surface area (Å²) in [6, 6.07) is 17.6. The zero-order chi connectivity index (χ0) is 22.9. The highest BCUT2D eigenvalue weighted by atomic mass is 32.2. The molecule has 1 aromatic heterocycles. The maximum atomic E-state index is 13.8. The molecule has 168 valence electrons. The number of carbonyl (C=O) groups is 1. The zero-order valence-electron chi connectivity index (χ0n) is 18.6. The lowest BCUT2D eigenvalue weighted by atomic mass is 10.0. The van der Waals surface area contributed by atoms with Gasteiger partial charge >= 0.3 is 0 Å². The van der Waals surface area contributed by atoms with Gasteiger partial charge in [0.25, 0.3) is 5.91 Å². The van der Waals surface area contributed by atoms with Gasteiger partial charge < -0.3 is 4.90 Å². The molecule has 0 radical (unpaired) electrons. The molecule has 0 bridgehead atoms. The molecule has 7 heteroatoms. The predicted molar refractivity (Wildman–Crippen MR) is 130 cm³/mol. The lowest BCUT2D eigenvalue weighted by molar-refractivity contribution is 0.0676. The van der Waals surface area contributed by atoms with Gasteiger partial charge in [0.15, 0.2) is 9.84 Å². The fraction of sp³-hybridized carbons (Fsp3) is 0.360. The summed E-state index contributed by atoms with van der Waals surface area (Å²) in [6.45, 7) is 6.54. The van der Waals surface area contributed by atoms with E-state index in [2.05, 4.69) is 31.0 Å². The van der Waals surface area contributed by atoms with E-state index in [4.69, 9.17) is 0 Å². The summed E-state index contributed by atoms with van der Waals surface area (Å²) in [4.78, 5) is 20.9. The van der Waals surface area contributed by atoms with Crippen LogP contribution in [0.4, 0.5) is 0 Å². The summed E-state index contributed by atoms with van der Waals surface area (Å²) in [5, 5.41) is 0.812. The van der Waals surface area contributed by atoms with Crippen LogP contribution in [0.5, 0.6) is 0 Å². The van der Waals surface area contributed by atoms with E-state index in [-0.39, 0.29) is 23.5 Å². The lowest BCUT2D eigenvalue weighted by Crippen LogP contribution is -2.41. The van der Waals surface area contributed by atoms with Crippen LogP contribution >= 0.6 is 11.3 Å². The molecule has 1 atom stereocenters. The second-order valence-corrected chi connectivity index (χ2v) is 12.1. The van der Waals surface area contributed by atoms with E-state index in [1.807, 2.05) is 49.4 Å². The minimum atomic E-state index is -3.14. The topological polar surface area (TPSA) is 67.3 Å². The van der Waals surface area contributed by atoms with E-state index >= 15 is 0 Å². The highest BCUT2D eigenvalue weighted by molar-refractivity contribution is 7.91. The molecule has 1 saturated heterocycles. The van der Waals surface area contributed by atoms with Crippen LogP contribution in [-0.4, -0.2) is 41.8 Å². The molecule has 0 N–H and O–H groups in total. The quantitative estimate of drug-likeness (QED) is 0.506. The Morgan fingerprint density at radius 2 is 1.81 bits per heavy atom. The number of aryl methyl sites for hydroxylation is 1. The van der Waals surface area contributed by atoms with Gasteiger partial charge in [-0.15, -0.1) is 11.3 Å². The van der Waals surface area contributed by atoms with Gasteiger partial charge in [-0.25, -0.2) is 13.4 Å². The van der Waals surface area contributed by atoms with Gasteiger partial charge in [-0.2, -0.15) is 0 Å². The second-order valence-electron chi connectivity index (χ2n) is 8.66. The Morgan fingerprint density at radius 3 is 2.41 bits per heavy atom. The van der Waals surface area contributed by atoms with Crippen LogP contribution in [0, 0.1) is 6.92 Å². The van der Waals surface area contributed by atoms with Crippen molar-refractivity contribution in [2.24, 2.45) is 0 Å². The summed E-state index contributed by atoms with van der Waals surface area (Å²) in [7, 11) is -3.14. The Kier molecular flexibility index (Phi) is 6.49. The van der Waals surface area contributed by atoms with Crippen molar-refractivity contribution in [1.82, 2.24) is 9.88 Å². The summed E-state index contributed by atoms with van der Waals surface area (Å²) < 4.78 is 24.4. The molecule has 2 heterocycles. The van der Waals surface area contributed by atoms with Crippen molar-refractivity contribution in [3.63, 3.8) is 0 Å². The summed E-state index contributed by atoms with van der Waals surface area (Å²) in [5.41, 5.74) is 3.57. The highest BCUT2D eigenvalue weighted by Gasteiger charge is 2.36. The van der Waals surface area contributed by atoms with Crippen LogP contribution in [0.3, 0.4) is 0 Å². The van der Waals surface area contributed by atoms with Gasteiger partial charge in [-0.3, -0.25) is 4.79 Å². The Morgan fingerprint density at radius 1 is 1.12 bits per heavy atom. The van der Waals surface area contributed by atoms with E-state index in [1.54, 1.807) is 4.90 Å². The second kappa shape index (κ2) is 9.16. The van der Waals surface area contributed by atoms with E-state index in [0.29, 0.717) is 24.6 Å². The van der Waals surface area contributed by atoms with Crippen molar-refractivity contribution < 1.29 is 13.2 Å². The van der Waals surface area contributed by atoms with Gasteiger partial charge in [0.05, 0.1) is 21.4 Å². The molecule has 2 aromatic carbocycles. The van der Waals surface area contributed by atoms with Crippen molar-refractivity contribution in [2.45, 2.75) is 45.7 Å². The third-order valence-corrected chi connectivity index (χ3v) is 8.65. The third kappa shape index (κ3) is 4.94. The number of thiazole rings is 1. The average Bonchev–Trinajstić information content (AvgIpc) is 3.34. The van der Waals surface area contributed by atoms with Crippen molar-refractivity contribution in [3.8, 4) is 10.4 Å². The molecule has 4 rings (SSSR count). The van der Waals surface area contributed by atoms with Gasteiger partial charge in [-0.05, 0) is 36.0 Å². The third-order valence-electron chi connectivity index (χ3n) is 5.88. The number of benzene rings is 2. The Bertz CT molecular complexity index is 1200. The van der Waals surface area contributed by atoms with E-state index < -0.39 is 9.84 Å². The van der Waals surface area contributed by atoms with Gasteiger partial charge in [0.1, 0.15) is 5.69 Å². The molecular weight excluding hydrogens is 440 g/mol. The number of carbonyl (C=O) groups excluding carboxylic acids is 1. The van der Waals surface area contributed by atoms with Crippen LogP contribution in [0.25, 0.3) is 10.4 Å². The maximum Gasteiger partial charge on any atom is 0.274 e. The molecule has 5 nitrogen and oxygen atoms in total. The van der Waals surface area contributed by atoms with Crippen molar-refractivity contribution in [2.75, 3.05) is 11.5 Å². The first-order valence-corrected chi connectivity index (χ1v) is 13.5. The molecule has 3 aromatic rings. The van der Waals surface area contributed by atoms with Crippen LogP contribution in [0.1, 0.15) is 52.8 Å². The molecule has 0 spiro atoms. The summed E-state index contributed by atoms with van der Waals surface area (Å²) in [6.07, 6.45) is 0.460. The van der Waals surface area contributed by atoms with Crippen molar-refractivity contribution >= 4 is 27.1 Å². The van der Waals surface area contributed by atoms with Crippen LogP contribution in [-0.2, 0) is 16.4 Å². The first-order valence-electron chi connectivity index (χ1n) is 10.9. The molecule has 1 aliphatic heterocycles. The first kappa shape index (κ1) is 22.7. The number of rotatable bonds is 6. The van der Waals surface area contributed by atoms with Crippen LogP contribution < -0.4 is 0 Å². The van der Waals surface area contributed by atoms with Crippen LogP contribution in [0.15, 0.2) is 54.6 Å². The fourth-order valence-corrected chi connectivity index (χ4v) is 6.73. The molecular formula is C25H28N2O3S2. The van der Waals surface area contributed by atoms with E-state index in [0.717, 1.165) is 21.0 Å². The number of amides is 1. The molecule has 1 aliphatic rings. The summed E-state index contributed by atoms with van der Waals surface area (Å²) >= 11 is 1.49. The van der Waals surface area contributed by atoms with Crippen LogP contribution in [0.2, 0.25) is 0 Å². The first-order chi connectivity index (χ1) is 15.2. The van der Waals surface area contributed by atoms with Gasteiger partial charge in [0.2, 0.25) is 0 Å². The average molecular weight is 469 g/mol. The zero-order valence-corrected chi connectivity index (χ0v) is 20.2. The summed E-state index contributed by atoms with van der Waals surface area (Å²) in [5.74, 6) is 0.346. The molecule has 1 amide bonds. The van der Waals surface area contributed by atoms with E-state index in [9.17, 15) is 13.2 Å². The fourth-order valence-electron chi connectivity index (χ4n) is 4.09. The number of hydrogen-bond donors (Lipinski definition) is 0. The minimum absolute atomic E-state index is 0.00655. The molecule has 1 fully saturated rings. The SMILES string of the molecule is Cc1nc(C(=O)N(Cc2ccc(C(C)C)cc2)C2CCS(=O)(=O)C2)c(-c2ccccc2)s1. The van der Waals surface area contributed by atoms with Crippen molar-refractivity contribution in [1.29, 1.82) is 0 Å². The highest BCUT2D eigenvalue weighted by Crippen LogP contribution is 2.32. The Balaban J connectivity index is 1.70. The number of nitrogens with zero attached hydrogens (tertiary/aromatic N) is 2. The monoisotopic (exact) mass is 468 g/mol. The van der Waals surface area contributed by atoms with Crippen molar-refractivity contribution in [3.05, 3.63) is 76.4 Å². The lowest BCUT2D eigenvalue weighted by Gasteiger charge is -2.28. The Hall–Kier alpha value is -2.51. The van der Waals surface area contributed by atoms with E-state index in [1.165, 1.54) is 16.9 Å². The van der Waals surface area contributed by atoms with Gasteiger partial charge in [0, 0.05) is 12.6 Å². The Labute approximate surface area is 194 Å². The molecule has 32 heavy (non-hydrogen) atoms. The molecule has 1 unspecified atom stereocenters. The number of sulfone groups is 1. The number of aromatic nitrogens is 1. The normalized spacial score (nSPS) is 17.6. The predicted octanol–water partition coefficient (Wildman–Crippen LogP) is 5.07. The molecule has 0 saturated carbocycles. The van der Waals surface area contributed by atoms with Gasteiger partial charge in [-0.1, -0.05) is 68.4 Å². The standard InChI is InChI=1S/C25H28N2O3S2/c1-17(2)20-11-9-19(10-12-20)15-27(22-13-14-32(29,30)16-22)25(28)23-24(31-18(3)26-23)21-7-5-4-6-8-21/h4-12,17,22H,13-16H2,1-3H3. The largest absolute Gasteiger partial charge is 0.329 e.